The number of nitriles is 1. The van der Waals surface area contributed by atoms with E-state index in [1.54, 1.807) is 4.68 Å². The van der Waals surface area contributed by atoms with Crippen LogP contribution in [0.3, 0.4) is 0 Å². The number of aryl methyl sites for hydroxylation is 2. The molecule has 5 nitrogen and oxygen atoms in total. The van der Waals surface area contributed by atoms with Crippen LogP contribution in [0.1, 0.15) is 22.4 Å². The summed E-state index contributed by atoms with van der Waals surface area (Å²) in [5.74, 6) is 0.901. The molecule has 0 unspecified atom stereocenters. The highest BCUT2D eigenvalue weighted by Crippen LogP contribution is 2.30. The van der Waals surface area contributed by atoms with Crippen molar-refractivity contribution in [1.82, 2.24) is 9.78 Å². The number of fused-ring (bicyclic) bond motifs is 1. The second kappa shape index (κ2) is 4.57. The highest BCUT2D eigenvalue weighted by molar-refractivity contribution is 5.60. The molecule has 0 aliphatic carbocycles. The number of rotatable bonds is 1. The third-order valence-electron chi connectivity index (χ3n) is 3.91. The molecule has 0 saturated carbocycles. The molecule has 2 heterocycles. The number of benzene rings is 1. The Bertz CT molecular complexity index is 708. The SMILES string of the molecule is Cc1nn(C)c(N2CCc3c(N)cccc3C2)c1C#N. The summed E-state index contributed by atoms with van der Waals surface area (Å²) in [6, 6.07) is 8.30. The van der Waals surface area contributed by atoms with E-state index in [2.05, 4.69) is 22.1 Å². The van der Waals surface area contributed by atoms with E-state index >= 15 is 0 Å². The van der Waals surface area contributed by atoms with E-state index in [1.165, 1.54) is 11.1 Å². The molecule has 0 amide bonds. The molecule has 0 atom stereocenters. The van der Waals surface area contributed by atoms with Gasteiger partial charge in [-0.1, -0.05) is 12.1 Å². The summed E-state index contributed by atoms with van der Waals surface area (Å²) in [4.78, 5) is 2.21. The van der Waals surface area contributed by atoms with Crippen LogP contribution in [0.15, 0.2) is 18.2 Å². The molecule has 0 radical (unpaired) electrons. The van der Waals surface area contributed by atoms with Crippen molar-refractivity contribution in [3.8, 4) is 6.07 Å². The lowest BCUT2D eigenvalue weighted by Crippen LogP contribution is -2.32. The number of nitrogens with zero attached hydrogens (tertiary/aromatic N) is 4. The van der Waals surface area contributed by atoms with Gasteiger partial charge >= 0.3 is 0 Å². The molecular formula is C15H17N5. The van der Waals surface area contributed by atoms with Crippen LogP contribution in [-0.2, 0) is 20.0 Å². The zero-order chi connectivity index (χ0) is 14.3. The van der Waals surface area contributed by atoms with Gasteiger partial charge in [0.05, 0.1) is 5.69 Å². The lowest BCUT2D eigenvalue weighted by Gasteiger charge is -2.31. The van der Waals surface area contributed by atoms with Gasteiger partial charge in [-0.3, -0.25) is 4.68 Å². The Morgan fingerprint density at radius 1 is 1.40 bits per heavy atom. The number of anilines is 2. The molecule has 2 N–H and O–H groups in total. The molecule has 3 rings (SSSR count). The lowest BCUT2D eigenvalue weighted by molar-refractivity contribution is 0.669. The molecule has 1 aliphatic rings. The third-order valence-corrected chi connectivity index (χ3v) is 3.91. The monoisotopic (exact) mass is 267 g/mol. The molecule has 102 valence electrons. The summed E-state index contributed by atoms with van der Waals surface area (Å²) in [7, 11) is 1.89. The van der Waals surface area contributed by atoms with Crippen molar-refractivity contribution in [3.05, 3.63) is 40.6 Å². The van der Waals surface area contributed by atoms with Crippen molar-refractivity contribution in [2.45, 2.75) is 19.9 Å². The fourth-order valence-corrected chi connectivity index (χ4v) is 2.96. The Hall–Kier alpha value is -2.48. The van der Waals surface area contributed by atoms with E-state index in [0.29, 0.717) is 5.56 Å². The minimum Gasteiger partial charge on any atom is -0.398 e. The number of nitrogen functional groups attached to an aromatic ring is 1. The van der Waals surface area contributed by atoms with Crippen LogP contribution in [0, 0.1) is 18.3 Å². The maximum absolute atomic E-state index is 9.33. The van der Waals surface area contributed by atoms with Crippen molar-refractivity contribution in [3.63, 3.8) is 0 Å². The molecule has 0 fully saturated rings. The zero-order valence-electron chi connectivity index (χ0n) is 11.7. The van der Waals surface area contributed by atoms with Gasteiger partial charge in [-0.25, -0.2) is 0 Å². The first-order valence-electron chi connectivity index (χ1n) is 6.66. The molecule has 5 heteroatoms. The van der Waals surface area contributed by atoms with Gasteiger partial charge in [0.15, 0.2) is 0 Å². The van der Waals surface area contributed by atoms with Crippen molar-refractivity contribution in [2.75, 3.05) is 17.2 Å². The Kier molecular flexibility index (Phi) is 2.87. The molecule has 0 spiro atoms. The van der Waals surface area contributed by atoms with Crippen LogP contribution in [-0.4, -0.2) is 16.3 Å². The van der Waals surface area contributed by atoms with Crippen molar-refractivity contribution in [1.29, 1.82) is 5.26 Å². The predicted molar refractivity (Wildman–Crippen MR) is 78.3 cm³/mol. The van der Waals surface area contributed by atoms with Gasteiger partial charge < -0.3 is 10.6 Å². The molecule has 1 aliphatic heterocycles. The average Bonchev–Trinajstić information content (AvgIpc) is 2.72. The van der Waals surface area contributed by atoms with Gasteiger partial charge in [0.1, 0.15) is 17.5 Å². The van der Waals surface area contributed by atoms with Crippen molar-refractivity contribution in [2.24, 2.45) is 7.05 Å². The molecule has 0 bridgehead atoms. The lowest BCUT2D eigenvalue weighted by atomic mass is 9.98. The molecule has 0 saturated heterocycles. The average molecular weight is 267 g/mol. The van der Waals surface area contributed by atoms with Crippen molar-refractivity contribution >= 4 is 11.5 Å². The van der Waals surface area contributed by atoms with Gasteiger partial charge in [0.25, 0.3) is 0 Å². The van der Waals surface area contributed by atoms with Gasteiger partial charge in [-0.15, -0.1) is 0 Å². The Balaban J connectivity index is 2.01. The zero-order valence-corrected chi connectivity index (χ0v) is 11.7. The topological polar surface area (TPSA) is 70.9 Å². The minimum absolute atomic E-state index is 0.667. The standard InChI is InChI=1S/C15H17N5/c1-10-13(8-16)15(19(2)18-10)20-7-6-12-11(9-20)4-3-5-14(12)17/h3-5H,6-7,9,17H2,1-2H3. The second-order valence-corrected chi connectivity index (χ2v) is 5.18. The number of nitrogens with two attached hydrogens (primary N) is 1. The number of aromatic nitrogens is 2. The normalized spacial score (nSPS) is 13.9. The van der Waals surface area contributed by atoms with Gasteiger partial charge in [-0.2, -0.15) is 10.4 Å². The Labute approximate surface area is 118 Å². The quantitative estimate of drug-likeness (QED) is 0.799. The molecule has 20 heavy (non-hydrogen) atoms. The van der Waals surface area contributed by atoms with E-state index in [-0.39, 0.29) is 0 Å². The van der Waals surface area contributed by atoms with Gasteiger partial charge in [0.2, 0.25) is 0 Å². The molecular weight excluding hydrogens is 250 g/mol. The van der Waals surface area contributed by atoms with Crippen LogP contribution >= 0.6 is 0 Å². The summed E-state index contributed by atoms with van der Waals surface area (Å²) in [5, 5.41) is 13.7. The maximum Gasteiger partial charge on any atom is 0.145 e. The van der Waals surface area contributed by atoms with E-state index in [9.17, 15) is 5.26 Å². The maximum atomic E-state index is 9.33. The van der Waals surface area contributed by atoms with Gasteiger partial charge in [-0.05, 0) is 30.5 Å². The first-order valence-corrected chi connectivity index (χ1v) is 6.66. The summed E-state index contributed by atoms with van der Waals surface area (Å²) in [6.07, 6.45) is 0.900. The van der Waals surface area contributed by atoms with E-state index < -0.39 is 0 Å². The Morgan fingerprint density at radius 3 is 2.95 bits per heavy atom. The van der Waals surface area contributed by atoms with E-state index in [1.807, 2.05) is 26.1 Å². The highest BCUT2D eigenvalue weighted by atomic mass is 15.4. The van der Waals surface area contributed by atoms with Crippen LogP contribution in [0.2, 0.25) is 0 Å². The van der Waals surface area contributed by atoms with Crippen molar-refractivity contribution < 1.29 is 0 Å². The molecule has 1 aromatic heterocycles. The van der Waals surface area contributed by atoms with Crippen LogP contribution in [0.4, 0.5) is 11.5 Å². The first-order chi connectivity index (χ1) is 9.61. The predicted octanol–water partition coefficient (Wildman–Crippen LogP) is 1.75. The number of hydrogen-bond acceptors (Lipinski definition) is 4. The Morgan fingerprint density at radius 2 is 2.20 bits per heavy atom. The number of hydrogen-bond donors (Lipinski definition) is 1. The van der Waals surface area contributed by atoms with Crippen LogP contribution < -0.4 is 10.6 Å². The minimum atomic E-state index is 0.667. The fourth-order valence-electron chi connectivity index (χ4n) is 2.96. The van der Waals surface area contributed by atoms with Crippen LogP contribution in [0.25, 0.3) is 0 Å². The second-order valence-electron chi connectivity index (χ2n) is 5.18. The summed E-state index contributed by atoms with van der Waals surface area (Å²) >= 11 is 0. The summed E-state index contributed by atoms with van der Waals surface area (Å²) in [5.41, 5.74) is 10.8. The molecule has 1 aromatic carbocycles. The highest BCUT2D eigenvalue weighted by Gasteiger charge is 2.24. The smallest absolute Gasteiger partial charge is 0.145 e. The first kappa shape index (κ1) is 12.5. The summed E-state index contributed by atoms with van der Waals surface area (Å²) < 4.78 is 1.80. The van der Waals surface area contributed by atoms with Crippen LogP contribution in [0.5, 0.6) is 0 Å². The summed E-state index contributed by atoms with van der Waals surface area (Å²) in [6.45, 7) is 3.50. The fraction of sp³-hybridized carbons (Fsp3) is 0.333. The largest absolute Gasteiger partial charge is 0.398 e. The third kappa shape index (κ3) is 1.81. The van der Waals surface area contributed by atoms with E-state index in [4.69, 9.17) is 5.73 Å². The van der Waals surface area contributed by atoms with Gasteiger partial charge in [0, 0.05) is 25.8 Å². The van der Waals surface area contributed by atoms with E-state index in [0.717, 1.165) is 36.7 Å². The molecule has 2 aromatic rings.